The lowest BCUT2D eigenvalue weighted by Crippen LogP contribution is -2.67. The van der Waals surface area contributed by atoms with Crippen molar-refractivity contribution in [3.8, 4) is 0 Å². The number of nitrogens with one attached hydrogen (secondary N) is 1. The summed E-state index contributed by atoms with van der Waals surface area (Å²) in [4.78, 5) is 11.6. The van der Waals surface area contributed by atoms with Gasteiger partial charge in [0.2, 0.25) is 5.91 Å². The largest absolute Gasteiger partial charge is 0.394 e. The molecule has 27 heavy (non-hydrogen) atoms. The molecule has 1 amide bonds. The fraction of sp³-hybridized carbons (Fsp3) is 0.933. The highest BCUT2D eigenvalue weighted by atomic mass is 16.7. The van der Waals surface area contributed by atoms with Crippen molar-refractivity contribution in [2.24, 2.45) is 0 Å². The molecule has 12 nitrogen and oxygen atoms in total. The maximum Gasteiger partial charge on any atom is 0.220 e. The number of hydrogen-bond acceptors (Lipinski definition) is 11. The number of carbonyl (C=O) groups excluding carboxylic acids is 1. The SMILES string of the molecule is CCC(=O)N[C@H]1[C@H](O)O[C@H](CO)C(O[C@@H]2O[C@H](CO)[C@H](O)[C@H](O)[C@H]2O)[C@@H]1O. The Kier molecular flexibility index (Phi) is 7.88. The first-order valence-corrected chi connectivity index (χ1v) is 8.62. The van der Waals surface area contributed by atoms with E-state index in [4.69, 9.17) is 14.2 Å². The van der Waals surface area contributed by atoms with Crippen LogP contribution in [0.4, 0.5) is 0 Å². The van der Waals surface area contributed by atoms with E-state index < -0.39 is 80.5 Å². The smallest absolute Gasteiger partial charge is 0.220 e. The van der Waals surface area contributed by atoms with Crippen molar-refractivity contribution in [1.29, 1.82) is 0 Å². The lowest BCUT2D eigenvalue weighted by Gasteiger charge is -2.46. The zero-order valence-electron chi connectivity index (χ0n) is 14.7. The van der Waals surface area contributed by atoms with Gasteiger partial charge in [-0.15, -0.1) is 0 Å². The van der Waals surface area contributed by atoms with Crippen LogP contribution in [0, 0.1) is 0 Å². The standard InChI is InChI=1S/C15H27NO11/c1-2-7(19)16-8-10(21)13(6(4-18)25-14(8)24)27-15-12(23)11(22)9(20)5(3-17)26-15/h5-6,8-15,17-18,20-24H,2-4H2,1H3,(H,16,19)/t5-,6-,8-,9+,10-,11+,12-,13?,14-,15+/m1/s1. The van der Waals surface area contributed by atoms with Crippen LogP contribution in [0.1, 0.15) is 13.3 Å². The second-order valence-electron chi connectivity index (χ2n) is 6.48. The summed E-state index contributed by atoms with van der Waals surface area (Å²) in [5.41, 5.74) is 0. The summed E-state index contributed by atoms with van der Waals surface area (Å²) in [5, 5.41) is 71.2. The zero-order chi connectivity index (χ0) is 20.3. The van der Waals surface area contributed by atoms with Gasteiger partial charge in [-0.3, -0.25) is 4.79 Å². The maximum absolute atomic E-state index is 11.6. The van der Waals surface area contributed by atoms with E-state index in [1.165, 1.54) is 0 Å². The molecular weight excluding hydrogens is 370 g/mol. The first-order chi connectivity index (χ1) is 12.7. The van der Waals surface area contributed by atoms with Gasteiger partial charge in [-0.1, -0.05) is 6.92 Å². The Morgan fingerprint density at radius 3 is 2.11 bits per heavy atom. The minimum absolute atomic E-state index is 0.0810. The van der Waals surface area contributed by atoms with Crippen molar-refractivity contribution in [2.75, 3.05) is 13.2 Å². The van der Waals surface area contributed by atoms with Crippen LogP contribution in [-0.4, -0.2) is 116 Å². The third-order valence-electron chi connectivity index (χ3n) is 4.66. The van der Waals surface area contributed by atoms with E-state index in [0.29, 0.717) is 0 Å². The molecule has 0 aliphatic carbocycles. The molecule has 10 atom stereocenters. The Morgan fingerprint density at radius 1 is 0.926 bits per heavy atom. The van der Waals surface area contributed by atoms with Gasteiger partial charge in [-0.05, 0) is 0 Å². The van der Waals surface area contributed by atoms with Crippen molar-refractivity contribution in [2.45, 2.75) is 74.7 Å². The van der Waals surface area contributed by atoms with Crippen LogP contribution in [0.15, 0.2) is 0 Å². The molecule has 2 aliphatic rings. The Balaban J connectivity index is 2.16. The molecule has 0 spiro atoms. The van der Waals surface area contributed by atoms with Crippen LogP contribution < -0.4 is 5.32 Å². The third-order valence-corrected chi connectivity index (χ3v) is 4.66. The second-order valence-corrected chi connectivity index (χ2v) is 6.48. The summed E-state index contributed by atoms with van der Waals surface area (Å²) in [5.74, 6) is -0.476. The van der Waals surface area contributed by atoms with Gasteiger partial charge in [0.1, 0.15) is 48.8 Å². The highest BCUT2D eigenvalue weighted by molar-refractivity contribution is 5.76. The molecule has 2 saturated heterocycles. The Bertz CT molecular complexity index is 492. The van der Waals surface area contributed by atoms with Crippen LogP contribution >= 0.6 is 0 Å². The summed E-state index contributed by atoms with van der Waals surface area (Å²) in [6.45, 7) is 0.215. The number of carbonyl (C=O) groups is 1. The fourth-order valence-electron chi connectivity index (χ4n) is 3.03. The zero-order valence-corrected chi connectivity index (χ0v) is 14.7. The van der Waals surface area contributed by atoms with Crippen molar-refractivity contribution < 1.29 is 54.8 Å². The molecule has 0 aromatic rings. The summed E-state index contributed by atoms with van der Waals surface area (Å²) in [6, 6.07) is -1.28. The van der Waals surface area contributed by atoms with E-state index >= 15 is 0 Å². The number of hydrogen-bond donors (Lipinski definition) is 8. The Morgan fingerprint density at radius 2 is 1.56 bits per heavy atom. The van der Waals surface area contributed by atoms with Crippen LogP contribution in [-0.2, 0) is 19.0 Å². The van der Waals surface area contributed by atoms with E-state index in [2.05, 4.69) is 5.32 Å². The first-order valence-electron chi connectivity index (χ1n) is 8.62. The van der Waals surface area contributed by atoms with Crippen molar-refractivity contribution in [3.05, 3.63) is 0 Å². The van der Waals surface area contributed by atoms with Crippen molar-refractivity contribution in [1.82, 2.24) is 5.32 Å². The van der Waals surface area contributed by atoms with Crippen LogP contribution in [0.3, 0.4) is 0 Å². The maximum atomic E-state index is 11.6. The molecule has 2 rings (SSSR count). The van der Waals surface area contributed by atoms with E-state index in [0.717, 1.165) is 0 Å². The van der Waals surface area contributed by atoms with E-state index in [-0.39, 0.29) is 6.42 Å². The topological polar surface area (TPSA) is 198 Å². The van der Waals surface area contributed by atoms with Gasteiger partial charge in [0, 0.05) is 6.42 Å². The van der Waals surface area contributed by atoms with Gasteiger partial charge in [0.05, 0.1) is 13.2 Å². The van der Waals surface area contributed by atoms with Gasteiger partial charge < -0.3 is 55.3 Å². The van der Waals surface area contributed by atoms with Crippen molar-refractivity contribution >= 4 is 5.91 Å². The molecule has 0 bridgehead atoms. The molecule has 1 unspecified atom stereocenters. The molecule has 0 radical (unpaired) electrons. The summed E-state index contributed by atoms with van der Waals surface area (Å²) in [6.07, 6.45) is -13.6. The molecule has 2 heterocycles. The molecular formula is C15H27NO11. The monoisotopic (exact) mass is 397 g/mol. The van der Waals surface area contributed by atoms with Crippen molar-refractivity contribution in [3.63, 3.8) is 0 Å². The van der Waals surface area contributed by atoms with E-state index in [1.54, 1.807) is 6.92 Å². The first kappa shape index (κ1) is 22.4. The highest BCUT2D eigenvalue weighted by Gasteiger charge is 2.50. The summed E-state index contributed by atoms with van der Waals surface area (Å²) >= 11 is 0. The number of aliphatic hydroxyl groups excluding tert-OH is 7. The fourth-order valence-corrected chi connectivity index (χ4v) is 3.03. The van der Waals surface area contributed by atoms with Crippen LogP contribution in [0.5, 0.6) is 0 Å². The van der Waals surface area contributed by atoms with Crippen LogP contribution in [0.25, 0.3) is 0 Å². The minimum atomic E-state index is -1.73. The Labute approximate surface area is 154 Å². The summed E-state index contributed by atoms with van der Waals surface area (Å²) < 4.78 is 15.8. The quantitative estimate of drug-likeness (QED) is 0.214. The number of ether oxygens (including phenoxy) is 3. The highest BCUT2D eigenvalue weighted by Crippen LogP contribution is 2.28. The van der Waals surface area contributed by atoms with E-state index in [1.807, 2.05) is 0 Å². The normalized spacial score (nSPS) is 45.5. The average molecular weight is 397 g/mol. The lowest BCUT2D eigenvalue weighted by atomic mass is 9.95. The number of rotatable bonds is 6. The van der Waals surface area contributed by atoms with Gasteiger partial charge in [-0.25, -0.2) is 0 Å². The minimum Gasteiger partial charge on any atom is -0.394 e. The molecule has 0 aromatic heterocycles. The Hall–Kier alpha value is -0.930. The van der Waals surface area contributed by atoms with Gasteiger partial charge in [-0.2, -0.15) is 0 Å². The molecule has 8 N–H and O–H groups in total. The summed E-state index contributed by atoms with van der Waals surface area (Å²) in [7, 11) is 0. The number of amides is 1. The third kappa shape index (κ3) is 4.74. The van der Waals surface area contributed by atoms with E-state index in [9.17, 15) is 40.5 Å². The predicted molar refractivity (Wildman–Crippen MR) is 84.8 cm³/mol. The van der Waals surface area contributed by atoms with Gasteiger partial charge >= 0.3 is 0 Å². The second kappa shape index (κ2) is 9.52. The van der Waals surface area contributed by atoms with Gasteiger partial charge in [0.25, 0.3) is 0 Å². The predicted octanol–water partition coefficient (Wildman–Crippen LogP) is -4.86. The average Bonchev–Trinajstić information content (AvgIpc) is 2.66. The van der Waals surface area contributed by atoms with Crippen LogP contribution in [0.2, 0.25) is 0 Å². The molecule has 158 valence electrons. The molecule has 2 fully saturated rings. The molecule has 0 saturated carbocycles. The number of aliphatic hydroxyl groups is 7. The molecule has 2 aliphatic heterocycles. The lowest BCUT2D eigenvalue weighted by molar-refractivity contribution is -0.345. The molecule has 0 aromatic carbocycles. The molecule has 12 heteroatoms. The van der Waals surface area contributed by atoms with Gasteiger partial charge in [0.15, 0.2) is 12.6 Å².